The molecule has 3 heterocycles. The zero-order valence-electron chi connectivity index (χ0n) is 14.3. The first kappa shape index (κ1) is 17.2. The first-order valence-corrected chi connectivity index (χ1v) is 9.52. The summed E-state index contributed by atoms with van der Waals surface area (Å²) in [7, 11) is 0. The number of aliphatic hydroxyl groups excluding tert-OH is 1. The number of halogens is 1. The number of Topliss-reactive ketones (excluding diaryl/α,β-unsaturated/α-hetero) is 1. The van der Waals surface area contributed by atoms with Gasteiger partial charge in [-0.1, -0.05) is 28.1 Å². The normalized spacial score (nSPS) is 17.8. The maximum atomic E-state index is 12.6. The lowest BCUT2D eigenvalue weighted by molar-refractivity contribution is -0.688. The van der Waals surface area contributed by atoms with Crippen LogP contribution in [-0.2, 0) is 13.1 Å². The SMILES string of the molecule is O=C1c2cccn2CC[C@@H]1[C@H](O)c1cc[n+](Cc2ccc(Br)cc2)cc1. The molecule has 0 fully saturated rings. The van der Waals surface area contributed by atoms with Gasteiger partial charge < -0.3 is 9.67 Å². The number of aliphatic hydroxyl groups is 1. The molecule has 0 radical (unpaired) electrons. The summed E-state index contributed by atoms with van der Waals surface area (Å²) in [4.78, 5) is 12.6. The van der Waals surface area contributed by atoms with Gasteiger partial charge in [-0.05, 0) is 36.2 Å². The van der Waals surface area contributed by atoms with Crippen molar-refractivity contribution in [2.24, 2.45) is 5.92 Å². The van der Waals surface area contributed by atoms with Crippen LogP contribution in [0.3, 0.4) is 0 Å². The van der Waals surface area contributed by atoms with E-state index in [1.54, 1.807) is 0 Å². The summed E-state index contributed by atoms with van der Waals surface area (Å²) in [5.74, 6) is -0.347. The van der Waals surface area contributed by atoms with Gasteiger partial charge in [-0.15, -0.1) is 0 Å². The number of benzene rings is 1. The highest BCUT2D eigenvalue weighted by Crippen LogP contribution is 2.31. The Balaban J connectivity index is 1.48. The van der Waals surface area contributed by atoms with Crippen molar-refractivity contribution in [3.05, 3.63) is 88.4 Å². The Hall–Kier alpha value is -2.24. The van der Waals surface area contributed by atoms with Crippen LogP contribution in [0.5, 0.6) is 0 Å². The third kappa shape index (κ3) is 3.37. The number of ketones is 1. The monoisotopic (exact) mass is 411 g/mol. The minimum atomic E-state index is -0.770. The number of aromatic nitrogens is 2. The number of fused-ring (bicyclic) bond motifs is 1. The Morgan fingerprint density at radius 2 is 1.88 bits per heavy atom. The van der Waals surface area contributed by atoms with Crippen molar-refractivity contribution < 1.29 is 14.5 Å². The summed E-state index contributed by atoms with van der Waals surface area (Å²) >= 11 is 3.44. The van der Waals surface area contributed by atoms with Gasteiger partial charge in [-0.3, -0.25) is 4.79 Å². The van der Waals surface area contributed by atoms with Gasteiger partial charge in [-0.2, -0.15) is 0 Å². The number of hydrogen-bond acceptors (Lipinski definition) is 2. The molecule has 4 nitrogen and oxygen atoms in total. The van der Waals surface area contributed by atoms with Gasteiger partial charge in [0.2, 0.25) is 0 Å². The third-order valence-corrected chi connectivity index (χ3v) is 5.55. The fourth-order valence-corrected chi connectivity index (χ4v) is 3.80. The van der Waals surface area contributed by atoms with Crippen LogP contribution in [0.25, 0.3) is 0 Å². The number of carbonyl (C=O) groups excluding carboxylic acids is 1. The fourth-order valence-electron chi connectivity index (χ4n) is 3.54. The number of carbonyl (C=O) groups is 1. The molecule has 1 aliphatic rings. The Labute approximate surface area is 160 Å². The lowest BCUT2D eigenvalue weighted by Gasteiger charge is -2.27. The molecule has 0 saturated carbocycles. The predicted octanol–water partition coefficient (Wildman–Crippen LogP) is 3.52. The molecular formula is C21H20BrN2O2+. The molecular weight excluding hydrogens is 392 g/mol. The topological polar surface area (TPSA) is 46.1 Å². The zero-order chi connectivity index (χ0) is 18.1. The molecule has 1 N–H and O–H groups in total. The van der Waals surface area contributed by atoms with Crippen molar-refractivity contribution in [3.63, 3.8) is 0 Å². The maximum absolute atomic E-state index is 12.6. The molecule has 1 aromatic carbocycles. The minimum absolute atomic E-state index is 0.0281. The van der Waals surface area contributed by atoms with Crippen molar-refractivity contribution in [1.82, 2.24) is 4.57 Å². The van der Waals surface area contributed by atoms with E-state index >= 15 is 0 Å². The number of nitrogens with zero attached hydrogens (tertiary/aromatic N) is 2. The summed E-state index contributed by atoms with van der Waals surface area (Å²) in [6.07, 6.45) is 5.72. The molecule has 2 aromatic heterocycles. The van der Waals surface area contributed by atoms with E-state index in [0.717, 1.165) is 23.1 Å². The number of hydrogen-bond donors (Lipinski definition) is 1. The second-order valence-electron chi connectivity index (χ2n) is 6.72. The van der Waals surface area contributed by atoms with Crippen LogP contribution in [-0.4, -0.2) is 15.5 Å². The van der Waals surface area contributed by atoms with Gasteiger partial charge in [0.1, 0.15) is 0 Å². The van der Waals surface area contributed by atoms with Gasteiger partial charge in [0.15, 0.2) is 24.7 Å². The van der Waals surface area contributed by atoms with Gasteiger partial charge >= 0.3 is 0 Å². The van der Waals surface area contributed by atoms with Crippen LogP contribution in [0.1, 0.15) is 34.1 Å². The highest BCUT2D eigenvalue weighted by atomic mass is 79.9. The molecule has 0 unspecified atom stereocenters. The lowest BCUT2D eigenvalue weighted by atomic mass is 9.86. The molecule has 2 atom stereocenters. The second-order valence-corrected chi connectivity index (χ2v) is 7.64. The lowest BCUT2D eigenvalue weighted by Crippen LogP contribution is -2.34. The van der Waals surface area contributed by atoms with Crippen LogP contribution in [0.2, 0.25) is 0 Å². The summed E-state index contributed by atoms with van der Waals surface area (Å²) in [5, 5.41) is 10.7. The van der Waals surface area contributed by atoms with Crippen LogP contribution < -0.4 is 4.57 Å². The molecule has 0 bridgehead atoms. The van der Waals surface area contributed by atoms with Crippen LogP contribution in [0, 0.1) is 5.92 Å². The Morgan fingerprint density at radius 1 is 1.15 bits per heavy atom. The van der Waals surface area contributed by atoms with E-state index < -0.39 is 6.10 Å². The smallest absolute Gasteiger partial charge is 0.185 e. The van der Waals surface area contributed by atoms with Crippen molar-refractivity contribution in [2.45, 2.75) is 25.6 Å². The van der Waals surface area contributed by atoms with E-state index in [2.05, 4.69) is 32.6 Å². The summed E-state index contributed by atoms with van der Waals surface area (Å²) < 4.78 is 5.09. The molecule has 0 aliphatic carbocycles. The molecule has 26 heavy (non-hydrogen) atoms. The summed E-state index contributed by atoms with van der Waals surface area (Å²) in [6.45, 7) is 1.53. The largest absolute Gasteiger partial charge is 0.388 e. The molecule has 0 amide bonds. The molecule has 132 valence electrons. The average molecular weight is 412 g/mol. The molecule has 5 heteroatoms. The third-order valence-electron chi connectivity index (χ3n) is 5.02. The number of rotatable bonds is 4. The van der Waals surface area contributed by atoms with E-state index in [9.17, 15) is 9.90 Å². The van der Waals surface area contributed by atoms with E-state index in [0.29, 0.717) is 12.1 Å². The molecule has 3 aromatic rings. The van der Waals surface area contributed by atoms with Gasteiger partial charge in [-0.25, -0.2) is 4.57 Å². The van der Waals surface area contributed by atoms with E-state index in [4.69, 9.17) is 0 Å². The van der Waals surface area contributed by atoms with Gasteiger partial charge in [0, 0.05) is 34.9 Å². The first-order chi connectivity index (χ1) is 12.6. The van der Waals surface area contributed by atoms with Crippen molar-refractivity contribution in [2.75, 3.05) is 0 Å². The van der Waals surface area contributed by atoms with Crippen LogP contribution in [0.4, 0.5) is 0 Å². The maximum Gasteiger partial charge on any atom is 0.185 e. The summed E-state index contributed by atoms with van der Waals surface area (Å²) in [5.41, 5.74) is 2.69. The van der Waals surface area contributed by atoms with Crippen molar-refractivity contribution >= 4 is 21.7 Å². The van der Waals surface area contributed by atoms with Crippen molar-refractivity contribution in [3.8, 4) is 0 Å². The standard InChI is InChI=1S/C21H20BrN2O2/c22-17-5-3-15(4-6-17)14-23-11-7-16(8-12-23)20(25)18-9-13-24-10-1-2-19(24)21(18)26/h1-8,10-12,18,20,25H,9,13-14H2/q+1/t18-,20-/m1/s1. The first-order valence-electron chi connectivity index (χ1n) is 8.73. The van der Waals surface area contributed by atoms with Gasteiger partial charge in [0.05, 0.1) is 17.7 Å². The molecule has 1 aliphatic heterocycles. The number of pyridine rings is 1. The molecule has 0 spiro atoms. The Morgan fingerprint density at radius 3 is 2.62 bits per heavy atom. The predicted molar refractivity (Wildman–Crippen MR) is 102 cm³/mol. The highest BCUT2D eigenvalue weighted by molar-refractivity contribution is 9.10. The average Bonchev–Trinajstić information content (AvgIpc) is 3.14. The summed E-state index contributed by atoms with van der Waals surface area (Å²) in [6, 6.07) is 15.7. The zero-order valence-corrected chi connectivity index (χ0v) is 15.8. The van der Waals surface area contributed by atoms with E-state index in [1.165, 1.54) is 5.56 Å². The Bertz CT molecular complexity index is 916. The van der Waals surface area contributed by atoms with Gasteiger partial charge in [0.25, 0.3) is 0 Å². The second kappa shape index (κ2) is 7.17. The van der Waals surface area contributed by atoms with E-state index in [1.807, 2.05) is 59.6 Å². The number of aryl methyl sites for hydroxylation is 1. The van der Waals surface area contributed by atoms with Crippen LogP contribution in [0.15, 0.2) is 71.6 Å². The molecule has 4 rings (SSSR count). The quantitative estimate of drug-likeness (QED) is 0.667. The fraction of sp³-hybridized carbons (Fsp3) is 0.238. The molecule has 0 saturated heterocycles. The van der Waals surface area contributed by atoms with Crippen LogP contribution >= 0.6 is 15.9 Å². The minimum Gasteiger partial charge on any atom is -0.388 e. The highest BCUT2D eigenvalue weighted by Gasteiger charge is 2.33. The van der Waals surface area contributed by atoms with E-state index in [-0.39, 0.29) is 11.7 Å². The Kier molecular flexibility index (Phi) is 4.74. The van der Waals surface area contributed by atoms with Crippen molar-refractivity contribution in [1.29, 1.82) is 0 Å².